The second-order valence-corrected chi connectivity index (χ2v) is 6.73. The van der Waals surface area contributed by atoms with E-state index in [0.29, 0.717) is 19.2 Å². The molecule has 0 aliphatic heterocycles. The lowest BCUT2D eigenvalue weighted by molar-refractivity contribution is 0.215. The number of nitrogens with zero attached hydrogens (tertiary/aromatic N) is 2. The van der Waals surface area contributed by atoms with Gasteiger partial charge < -0.3 is 15.4 Å². The number of nitrogens with one attached hydrogen (secondary N) is 2. The van der Waals surface area contributed by atoms with E-state index in [2.05, 4.69) is 42.4 Å². The highest BCUT2D eigenvalue weighted by Gasteiger charge is 2.30. The standard InChI is InChI=1S/C20H34N4O.HI/c1-5-21-20(22-13-14-24(16(3)4)18-11-12-18)23-15-17-9-7-8-10-19(17)25-6-2;/h7-10,16,18H,5-6,11-15H2,1-4H3,(H2,21,22,23);1H. The van der Waals surface area contributed by atoms with Crippen molar-refractivity contribution < 1.29 is 4.74 Å². The molecule has 5 nitrogen and oxygen atoms in total. The van der Waals surface area contributed by atoms with Crippen LogP contribution in [-0.4, -0.2) is 49.2 Å². The van der Waals surface area contributed by atoms with Gasteiger partial charge in [0.15, 0.2) is 5.96 Å². The van der Waals surface area contributed by atoms with Gasteiger partial charge in [0, 0.05) is 37.3 Å². The van der Waals surface area contributed by atoms with E-state index in [4.69, 9.17) is 9.73 Å². The maximum atomic E-state index is 5.68. The van der Waals surface area contributed by atoms with E-state index in [-0.39, 0.29) is 24.0 Å². The average molecular weight is 474 g/mol. The predicted molar refractivity (Wildman–Crippen MR) is 121 cm³/mol. The first-order valence-corrected chi connectivity index (χ1v) is 9.64. The average Bonchev–Trinajstić information content (AvgIpc) is 3.42. The van der Waals surface area contributed by atoms with Gasteiger partial charge in [0.05, 0.1) is 13.2 Å². The summed E-state index contributed by atoms with van der Waals surface area (Å²) < 4.78 is 5.68. The van der Waals surface area contributed by atoms with Crippen molar-refractivity contribution >= 4 is 29.9 Å². The van der Waals surface area contributed by atoms with Crippen LogP contribution in [0.4, 0.5) is 0 Å². The molecule has 2 N–H and O–H groups in total. The number of halogens is 1. The zero-order valence-corrected chi connectivity index (χ0v) is 19.0. The lowest BCUT2D eigenvalue weighted by Gasteiger charge is -2.26. The van der Waals surface area contributed by atoms with Crippen LogP contribution in [0, 0.1) is 0 Å². The third kappa shape index (κ3) is 7.70. The molecular weight excluding hydrogens is 439 g/mol. The highest BCUT2D eigenvalue weighted by atomic mass is 127. The van der Waals surface area contributed by atoms with Gasteiger partial charge in [0.2, 0.25) is 0 Å². The second-order valence-electron chi connectivity index (χ2n) is 6.73. The van der Waals surface area contributed by atoms with Crippen LogP contribution in [-0.2, 0) is 6.54 Å². The minimum atomic E-state index is 0. The van der Waals surface area contributed by atoms with Gasteiger partial charge in [-0.05, 0) is 46.6 Å². The van der Waals surface area contributed by atoms with Crippen LogP contribution >= 0.6 is 24.0 Å². The van der Waals surface area contributed by atoms with Crippen LogP contribution in [0.2, 0.25) is 0 Å². The Morgan fingerprint density at radius 2 is 1.96 bits per heavy atom. The summed E-state index contributed by atoms with van der Waals surface area (Å²) in [5, 5.41) is 6.80. The summed E-state index contributed by atoms with van der Waals surface area (Å²) >= 11 is 0. The lowest BCUT2D eigenvalue weighted by atomic mass is 10.2. The van der Waals surface area contributed by atoms with Crippen LogP contribution < -0.4 is 15.4 Å². The topological polar surface area (TPSA) is 48.9 Å². The zero-order valence-electron chi connectivity index (χ0n) is 16.6. The molecule has 0 aromatic heterocycles. The van der Waals surface area contributed by atoms with E-state index in [1.165, 1.54) is 12.8 Å². The van der Waals surface area contributed by atoms with Crippen LogP contribution in [0.1, 0.15) is 46.1 Å². The Hall–Kier alpha value is -1.02. The summed E-state index contributed by atoms with van der Waals surface area (Å²) in [6.07, 6.45) is 2.70. The van der Waals surface area contributed by atoms with Crippen molar-refractivity contribution in [3.63, 3.8) is 0 Å². The molecule has 0 amide bonds. The molecule has 1 aliphatic rings. The van der Waals surface area contributed by atoms with Crippen molar-refractivity contribution in [3.05, 3.63) is 29.8 Å². The highest BCUT2D eigenvalue weighted by molar-refractivity contribution is 14.0. The Morgan fingerprint density at radius 3 is 2.58 bits per heavy atom. The normalized spacial score (nSPS) is 14.3. The first-order chi connectivity index (χ1) is 12.2. The lowest BCUT2D eigenvalue weighted by Crippen LogP contribution is -2.43. The van der Waals surface area contributed by atoms with Crippen LogP contribution in [0.5, 0.6) is 5.75 Å². The minimum Gasteiger partial charge on any atom is -0.494 e. The fraction of sp³-hybridized carbons (Fsp3) is 0.650. The molecule has 2 rings (SSSR count). The van der Waals surface area contributed by atoms with Crippen LogP contribution in [0.25, 0.3) is 0 Å². The van der Waals surface area contributed by atoms with E-state index in [9.17, 15) is 0 Å². The summed E-state index contributed by atoms with van der Waals surface area (Å²) in [6.45, 7) is 12.8. The summed E-state index contributed by atoms with van der Waals surface area (Å²) in [7, 11) is 0. The number of rotatable bonds is 10. The van der Waals surface area contributed by atoms with Gasteiger partial charge in [0.1, 0.15) is 5.75 Å². The number of hydrogen-bond acceptors (Lipinski definition) is 3. The van der Waals surface area contributed by atoms with E-state index < -0.39 is 0 Å². The molecule has 0 unspecified atom stereocenters. The van der Waals surface area contributed by atoms with Crippen LogP contribution in [0.15, 0.2) is 29.3 Å². The molecule has 0 atom stereocenters. The monoisotopic (exact) mass is 474 g/mol. The van der Waals surface area contributed by atoms with Gasteiger partial charge in [-0.3, -0.25) is 4.90 Å². The first-order valence-electron chi connectivity index (χ1n) is 9.64. The molecule has 1 aromatic carbocycles. The van der Waals surface area contributed by atoms with Gasteiger partial charge >= 0.3 is 0 Å². The molecule has 1 fully saturated rings. The summed E-state index contributed by atoms with van der Waals surface area (Å²) in [5.41, 5.74) is 1.11. The Balaban J connectivity index is 0.00000338. The third-order valence-electron chi connectivity index (χ3n) is 4.37. The molecule has 0 saturated heterocycles. The SMILES string of the molecule is CCNC(=NCc1ccccc1OCC)NCCN(C(C)C)C1CC1.I. The van der Waals surface area contributed by atoms with Gasteiger partial charge in [-0.25, -0.2) is 4.99 Å². The van der Waals surface area contributed by atoms with E-state index in [1.807, 2.05) is 25.1 Å². The molecule has 26 heavy (non-hydrogen) atoms. The maximum absolute atomic E-state index is 5.68. The van der Waals surface area contributed by atoms with Crippen molar-refractivity contribution in [2.45, 2.75) is 59.2 Å². The highest BCUT2D eigenvalue weighted by Crippen LogP contribution is 2.27. The summed E-state index contributed by atoms with van der Waals surface area (Å²) in [6, 6.07) is 9.51. The predicted octanol–water partition coefficient (Wildman–Crippen LogP) is 3.63. The van der Waals surface area contributed by atoms with Gasteiger partial charge in [-0.15, -0.1) is 24.0 Å². The Bertz CT molecular complexity index is 544. The minimum absolute atomic E-state index is 0. The number of guanidine groups is 1. The zero-order chi connectivity index (χ0) is 18.1. The fourth-order valence-corrected chi connectivity index (χ4v) is 3.01. The van der Waals surface area contributed by atoms with E-state index in [1.54, 1.807) is 0 Å². The van der Waals surface area contributed by atoms with E-state index in [0.717, 1.165) is 42.9 Å². The van der Waals surface area contributed by atoms with Gasteiger partial charge in [-0.1, -0.05) is 18.2 Å². The number of hydrogen-bond donors (Lipinski definition) is 2. The molecule has 6 heteroatoms. The summed E-state index contributed by atoms with van der Waals surface area (Å²) in [5.74, 6) is 1.79. The molecule has 0 bridgehead atoms. The number of benzene rings is 1. The van der Waals surface area contributed by atoms with Crippen molar-refractivity contribution in [1.29, 1.82) is 0 Å². The molecule has 1 aromatic rings. The van der Waals surface area contributed by atoms with Crippen molar-refractivity contribution in [3.8, 4) is 5.75 Å². The maximum Gasteiger partial charge on any atom is 0.191 e. The molecule has 0 radical (unpaired) electrons. The molecule has 0 spiro atoms. The smallest absolute Gasteiger partial charge is 0.191 e. The quantitative estimate of drug-likeness (QED) is 0.309. The Labute approximate surface area is 176 Å². The van der Waals surface area contributed by atoms with Crippen LogP contribution in [0.3, 0.4) is 0 Å². The van der Waals surface area contributed by atoms with Gasteiger partial charge in [-0.2, -0.15) is 0 Å². The second kappa shape index (κ2) is 12.4. The molecule has 148 valence electrons. The number of aliphatic imine (C=N–C) groups is 1. The third-order valence-corrected chi connectivity index (χ3v) is 4.37. The largest absolute Gasteiger partial charge is 0.494 e. The number of para-hydroxylation sites is 1. The first kappa shape index (κ1) is 23.0. The molecular formula is C20H35IN4O. The fourth-order valence-electron chi connectivity index (χ4n) is 3.01. The molecule has 1 saturated carbocycles. The molecule has 1 aliphatic carbocycles. The number of ether oxygens (including phenoxy) is 1. The van der Waals surface area contributed by atoms with E-state index >= 15 is 0 Å². The summed E-state index contributed by atoms with van der Waals surface area (Å²) in [4.78, 5) is 7.31. The van der Waals surface area contributed by atoms with Crippen molar-refractivity contribution in [2.24, 2.45) is 4.99 Å². The molecule has 0 heterocycles. The van der Waals surface area contributed by atoms with Gasteiger partial charge in [0.25, 0.3) is 0 Å². The Morgan fingerprint density at radius 1 is 1.23 bits per heavy atom. The van der Waals surface area contributed by atoms with Crippen molar-refractivity contribution in [2.75, 3.05) is 26.2 Å². The Kier molecular flexibility index (Phi) is 11.0. The van der Waals surface area contributed by atoms with Crippen molar-refractivity contribution in [1.82, 2.24) is 15.5 Å².